The molecule has 0 amide bonds. The maximum absolute atomic E-state index is 11.9. The molecule has 0 heterocycles. The van der Waals surface area contributed by atoms with Crippen LogP contribution in [0, 0.1) is 5.21 Å². The van der Waals surface area contributed by atoms with Crippen molar-refractivity contribution in [3.8, 4) is 0 Å². The Morgan fingerprint density at radius 1 is 1.16 bits per heavy atom. The largest absolute Gasteiger partial charge is 0.623 e. The van der Waals surface area contributed by atoms with Crippen LogP contribution in [0.25, 0.3) is 0 Å². The molecule has 1 aromatic carbocycles. The van der Waals surface area contributed by atoms with Crippen molar-refractivity contribution in [3.63, 3.8) is 0 Å². The van der Waals surface area contributed by atoms with Gasteiger partial charge in [-0.25, -0.2) is 13.2 Å². The molecule has 0 aromatic heterocycles. The number of sulfone groups is 1. The lowest BCUT2D eigenvalue weighted by Crippen LogP contribution is -2.29. The number of nitrogens with zero attached hydrogens (tertiary/aromatic N) is 1. The second-order valence-corrected chi connectivity index (χ2v) is 8.29. The summed E-state index contributed by atoms with van der Waals surface area (Å²) in [7, 11) is -3.26. The van der Waals surface area contributed by atoms with Gasteiger partial charge in [0.05, 0.1) is 10.1 Å². The quantitative estimate of drug-likeness (QED) is 0.371. The Labute approximate surface area is 115 Å². The lowest BCUT2D eigenvalue weighted by molar-refractivity contribution is -0.530. The maximum atomic E-state index is 11.9. The molecule has 0 aliphatic carbocycles. The van der Waals surface area contributed by atoms with Crippen LogP contribution in [0.3, 0.4) is 0 Å². The highest BCUT2D eigenvalue weighted by Gasteiger charge is 2.20. The van der Waals surface area contributed by atoms with E-state index in [1.54, 1.807) is 26.0 Å². The molecule has 106 valence electrons. The number of rotatable bonds is 3. The van der Waals surface area contributed by atoms with Crippen molar-refractivity contribution < 1.29 is 13.2 Å². The van der Waals surface area contributed by atoms with Crippen molar-refractivity contribution in [2.24, 2.45) is 0 Å². The summed E-state index contributed by atoms with van der Waals surface area (Å²) in [6.45, 7) is 8.74. The van der Waals surface area contributed by atoms with Crippen molar-refractivity contribution >= 4 is 16.1 Å². The number of hydrogen-bond donors (Lipinski definition) is 0. The number of hydrogen-bond acceptors (Lipinski definition) is 3. The lowest BCUT2D eigenvalue weighted by Gasteiger charge is -2.18. The first-order valence-corrected chi connectivity index (χ1v) is 7.75. The van der Waals surface area contributed by atoms with E-state index >= 15 is 0 Å². The first-order valence-electron chi connectivity index (χ1n) is 6.20. The van der Waals surface area contributed by atoms with Gasteiger partial charge in [-0.3, -0.25) is 0 Å². The normalized spacial score (nSPS) is 13.9. The molecule has 0 spiro atoms. The molecule has 0 saturated carbocycles. The Kier molecular flexibility index (Phi) is 4.40. The second-order valence-electron chi connectivity index (χ2n) is 5.79. The minimum atomic E-state index is -3.26. The van der Waals surface area contributed by atoms with Gasteiger partial charge in [0.25, 0.3) is 0 Å². The van der Waals surface area contributed by atoms with Gasteiger partial charge in [-0.15, -0.1) is 0 Å². The molecule has 0 bridgehead atoms. The van der Waals surface area contributed by atoms with Gasteiger partial charge in [0.1, 0.15) is 0 Å². The molecule has 0 unspecified atom stereocenters. The van der Waals surface area contributed by atoms with Gasteiger partial charge in [0.2, 0.25) is 0 Å². The Morgan fingerprint density at radius 3 is 2.00 bits per heavy atom. The summed E-state index contributed by atoms with van der Waals surface area (Å²) in [5.74, 6) is 0. The van der Waals surface area contributed by atoms with Crippen molar-refractivity contribution in [3.05, 3.63) is 35.0 Å². The predicted molar refractivity (Wildman–Crippen MR) is 77.3 cm³/mol. The summed E-state index contributed by atoms with van der Waals surface area (Å²) in [6.07, 6.45) is 1.46. The average molecular weight is 283 g/mol. The highest BCUT2D eigenvalue weighted by Crippen LogP contribution is 2.16. The molecule has 1 aromatic rings. The summed E-state index contributed by atoms with van der Waals surface area (Å²) in [5, 5.41) is 11.3. The summed E-state index contributed by atoms with van der Waals surface area (Å²) in [5.41, 5.74) is 0.176. The summed E-state index contributed by atoms with van der Waals surface area (Å²) >= 11 is 0. The van der Waals surface area contributed by atoms with Crippen LogP contribution in [0.1, 0.15) is 40.2 Å². The third kappa shape index (κ3) is 3.80. The third-order valence-corrected chi connectivity index (χ3v) is 4.93. The smallest absolute Gasteiger partial charge is 0.182 e. The van der Waals surface area contributed by atoms with Gasteiger partial charge in [-0.1, -0.05) is 0 Å². The molecule has 0 aliphatic heterocycles. The highest BCUT2D eigenvalue weighted by molar-refractivity contribution is 7.92. The summed E-state index contributed by atoms with van der Waals surface area (Å²) in [4.78, 5) is 0.285. The van der Waals surface area contributed by atoms with E-state index in [2.05, 4.69) is 0 Å². The van der Waals surface area contributed by atoms with Gasteiger partial charge < -0.3 is 5.21 Å². The molecule has 0 atom stereocenters. The maximum Gasteiger partial charge on any atom is 0.182 e. The topological polar surface area (TPSA) is 60.2 Å². The van der Waals surface area contributed by atoms with Gasteiger partial charge >= 0.3 is 0 Å². The lowest BCUT2D eigenvalue weighted by atomic mass is 10.1. The first kappa shape index (κ1) is 15.7. The van der Waals surface area contributed by atoms with E-state index in [-0.39, 0.29) is 4.90 Å². The van der Waals surface area contributed by atoms with Crippen LogP contribution in [-0.4, -0.2) is 30.2 Å². The zero-order valence-corrected chi connectivity index (χ0v) is 12.9. The molecular formula is C14H21NO3S. The van der Waals surface area contributed by atoms with E-state index in [9.17, 15) is 13.6 Å². The Balaban J connectivity index is 3.09. The average Bonchev–Trinajstić information content (AvgIpc) is 2.28. The molecule has 5 heteroatoms. The molecule has 0 N–H and O–H groups in total. The predicted octanol–water partition coefficient (Wildman–Crippen LogP) is 2.60. The molecule has 19 heavy (non-hydrogen) atoms. The number of hydroxylamine groups is 1. The molecule has 4 nitrogen and oxygen atoms in total. The van der Waals surface area contributed by atoms with Crippen LogP contribution < -0.4 is 0 Å². The van der Waals surface area contributed by atoms with Gasteiger partial charge in [-0.05, 0) is 38.1 Å². The third-order valence-electron chi connectivity index (χ3n) is 2.76. The minimum absolute atomic E-state index is 0.285. The van der Waals surface area contributed by atoms with Gasteiger partial charge in [0.15, 0.2) is 21.6 Å². The Hall–Kier alpha value is -1.36. The standard InChI is InChI=1S/C14H21NO3S/c1-11(2)19(17,18)13-8-6-12(7-9-13)10-15(16)14(3,4)5/h6-11H,1-5H3/b15-10-. The molecular weight excluding hydrogens is 262 g/mol. The van der Waals surface area contributed by atoms with E-state index in [1.807, 2.05) is 20.8 Å². The van der Waals surface area contributed by atoms with Crippen molar-refractivity contribution in [1.29, 1.82) is 0 Å². The second kappa shape index (κ2) is 5.33. The van der Waals surface area contributed by atoms with Crippen LogP contribution in [0.4, 0.5) is 0 Å². The fraction of sp³-hybridized carbons (Fsp3) is 0.500. The van der Waals surface area contributed by atoms with Gasteiger partial charge in [-0.2, -0.15) is 0 Å². The molecule has 0 aliphatic rings. The zero-order valence-electron chi connectivity index (χ0n) is 12.0. The summed E-state index contributed by atoms with van der Waals surface area (Å²) in [6, 6.07) is 6.37. The fourth-order valence-corrected chi connectivity index (χ4v) is 2.40. The van der Waals surface area contributed by atoms with E-state index in [1.165, 1.54) is 18.3 Å². The molecule has 1 rings (SSSR count). The Morgan fingerprint density at radius 2 is 1.63 bits per heavy atom. The van der Waals surface area contributed by atoms with Crippen LogP contribution >= 0.6 is 0 Å². The van der Waals surface area contributed by atoms with Crippen LogP contribution in [0.2, 0.25) is 0 Å². The monoisotopic (exact) mass is 283 g/mol. The van der Waals surface area contributed by atoms with E-state index < -0.39 is 20.6 Å². The highest BCUT2D eigenvalue weighted by atomic mass is 32.2. The minimum Gasteiger partial charge on any atom is -0.623 e. The van der Waals surface area contributed by atoms with Gasteiger partial charge in [0, 0.05) is 26.3 Å². The van der Waals surface area contributed by atoms with Crippen molar-refractivity contribution in [1.82, 2.24) is 0 Å². The number of benzene rings is 1. The zero-order chi connectivity index (χ0) is 14.8. The molecule has 0 fully saturated rings. The molecule has 0 radical (unpaired) electrons. The van der Waals surface area contributed by atoms with E-state index in [0.717, 1.165) is 4.74 Å². The SMILES string of the molecule is CC(C)S(=O)(=O)c1ccc(/C=[N+](\[O-])C(C)(C)C)cc1. The van der Waals surface area contributed by atoms with Crippen molar-refractivity contribution in [2.45, 2.75) is 50.3 Å². The first-order chi connectivity index (χ1) is 8.55. The van der Waals surface area contributed by atoms with E-state index in [0.29, 0.717) is 5.56 Å². The van der Waals surface area contributed by atoms with Crippen LogP contribution in [0.5, 0.6) is 0 Å². The fourth-order valence-electron chi connectivity index (χ4n) is 1.34. The van der Waals surface area contributed by atoms with E-state index in [4.69, 9.17) is 0 Å². The van der Waals surface area contributed by atoms with Crippen LogP contribution in [0.15, 0.2) is 29.2 Å². The van der Waals surface area contributed by atoms with Crippen LogP contribution in [-0.2, 0) is 9.84 Å². The Bertz CT molecular complexity index is 564. The molecule has 0 saturated heterocycles. The van der Waals surface area contributed by atoms with Crippen molar-refractivity contribution in [2.75, 3.05) is 0 Å². The summed E-state index contributed by atoms with van der Waals surface area (Å²) < 4.78 is 24.7.